The minimum Gasteiger partial charge on any atom is -0.367 e. The van der Waals surface area contributed by atoms with Crippen LogP contribution in [0.25, 0.3) is 10.9 Å². The highest BCUT2D eigenvalue weighted by Crippen LogP contribution is 2.21. The third kappa shape index (κ3) is 2.71. The molecule has 0 spiro atoms. The minimum absolute atomic E-state index is 0.616. The molecule has 0 bridgehead atoms. The van der Waals surface area contributed by atoms with Gasteiger partial charge in [-0.2, -0.15) is 0 Å². The molecule has 3 rings (SSSR count). The Hall–Kier alpha value is -1.61. The van der Waals surface area contributed by atoms with Crippen molar-refractivity contribution in [3.05, 3.63) is 36.5 Å². The molecule has 1 aliphatic rings. The first-order valence-corrected chi connectivity index (χ1v) is 7.20. The summed E-state index contributed by atoms with van der Waals surface area (Å²) in [6.07, 6.45) is 4.50. The lowest BCUT2D eigenvalue weighted by atomic mass is 10.1. The fourth-order valence-electron chi connectivity index (χ4n) is 2.83. The van der Waals surface area contributed by atoms with Crippen molar-refractivity contribution in [2.45, 2.75) is 25.8 Å². The van der Waals surface area contributed by atoms with Crippen molar-refractivity contribution in [1.82, 2.24) is 10.3 Å². The van der Waals surface area contributed by atoms with Gasteiger partial charge in [0.25, 0.3) is 0 Å². The minimum atomic E-state index is 0.616. The molecule has 1 atom stereocenters. The van der Waals surface area contributed by atoms with Crippen molar-refractivity contribution in [2.75, 3.05) is 24.5 Å². The normalized spacial score (nSPS) is 19.8. The Morgan fingerprint density at radius 2 is 2.26 bits per heavy atom. The lowest BCUT2D eigenvalue weighted by Gasteiger charge is -2.35. The Bertz CT molecular complexity index is 550. The van der Waals surface area contributed by atoms with Crippen molar-refractivity contribution in [1.29, 1.82) is 0 Å². The van der Waals surface area contributed by atoms with Gasteiger partial charge in [0, 0.05) is 31.1 Å². The van der Waals surface area contributed by atoms with Crippen molar-refractivity contribution in [2.24, 2.45) is 0 Å². The van der Waals surface area contributed by atoms with E-state index in [1.54, 1.807) is 0 Å². The SMILES string of the molecule is CCCC1CN(c2cnc3ccccc3c2)CCN1. The van der Waals surface area contributed by atoms with Gasteiger partial charge in [-0.25, -0.2) is 0 Å². The van der Waals surface area contributed by atoms with Crippen LogP contribution in [0.5, 0.6) is 0 Å². The number of aromatic nitrogens is 1. The molecule has 0 radical (unpaired) electrons. The monoisotopic (exact) mass is 255 g/mol. The maximum absolute atomic E-state index is 4.57. The highest BCUT2D eigenvalue weighted by atomic mass is 15.2. The lowest BCUT2D eigenvalue weighted by molar-refractivity contribution is 0.431. The van der Waals surface area contributed by atoms with Crippen LogP contribution in [0.1, 0.15) is 19.8 Å². The van der Waals surface area contributed by atoms with Gasteiger partial charge >= 0.3 is 0 Å². The Labute approximate surface area is 114 Å². The molecule has 1 N–H and O–H groups in total. The fraction of sp³-hybridized carbons (Fsp3) is 0.438. The molecule has 1 saturated heterocycles. The summed E-state index contributed by atoms with van der Waals surface area (Å²) in [5.41, 5.74) is 2.33. The summed E-state index contributed by atoms with van der Waals surface area (Å²) < 4.78 is 0. The van der Waals surface area contributed by atoms with E-state index in [0.717, 1.165) is 25.2 Å². The number of hydrogen-bond donors (Lipinski definition) is 1. The van der Waals surface area contributed by atoms with Gasteiger partial charge in [-0.1, -0.05) is 31.5 Å². The maximum Gasteiger partial charge on any atom is 0.0703 e. The Morgan fingerprint density at radius 1 is 1.37 bits per heavy atom. The van der Waals surface area contributed by atoms with Gasteiger partial charge in [0.2, 0.25) is 0 Å². The number of piperazine rings is 1. The van der Waals surface area contributed by atoms with Gasteiger partial charge in [-0.3, -0.25) is 4.98 Å². The molecule has 1 aromatic heterocycles. The first kappa shape index (κ1) is 12.4. The standard InChI is InChI=1S/C16H21N3/c1-2-5-14-12-19(9-8-17-14)15-10-13-6-3-4-7-16(13)18-11-15/h3-4,6-7,10-11,14,17H,2,5,8-9,12H2,1H3. The zero-order chi connectivity index (χ0) is 13.1. The number of pyridine rings is 1. The summed E-state index contributed by atoms with van der Waals surface area (Å²) in [5, 5.41) is 4.82. The smallest absolute Gasteiger partial charge is 0.0703 e. The maximum atomic E-state index is 4.57. The lowest BCUT2D eigenvalue weighted by Crippen LogP contribution is -2.50. The van der Waals surface area contributed by atoms with Crippen LogP contribution in [0, 0.1) is 0 Å². The summed E-state index contributed by atoms with van der Waals surface area (Å²) in [4.78, 5) is 7.02. The second kappa shape index (κ2) is 5.57. The Morgan fingerprint density at radius 3 is 3.16 bits per heavy atom. The summed E-state index contributed by atoms with van der Waals surface area (Å²) in [5.74, 6) is 0. The Kier molecular flexibility index (Phi) is 3.65. The summed E-state index contributed by atoms with van der Waals surface area (Å²) in [6, 6.07) is 11.2. The molecular formula is C16H21N3. The molecule has 1 aliphatic heterocycles. The van der Waals surface area contributed by atoms with E-state index < -0.39 is 0 Å². The van der Waals surface area contributed by atoms with Gasteiger partial charge in [-0.05, 0) is 18.6 Å². The molecule has 19 heavy (non-hydrogen) atoms. The highest BCUT2D eigenvalue weighted by molar-refractivity contribution is 5.81. The van der Waals surface area contributed by atoms with Crippen molar-refractivity contribution in [3.63, 3.8) is 0 Å². The van der Waals surface area contributed by atoms with Gasteiger partial charge in [0.1, 0.15) is 0 Å². The molecule has 0 aliphatic carbocycles. The quantitative estimate of drug-likeness (QED) is 0.914. The topological polar surface area (TPSA) is 28.2 Å². The van der Waals surface area contributed by atoms with Crippen molar-refractivity contribution in [3.8, 4) is 0 Å². The van der Waals surface area contributed by atoms with Crippen LogP contribution in [-0.2, 0) is 0 Å². The molecule has 1 unspecified atom stereocenters. The van der Waals surface area contributed by atoms with Crippen LogP contribution in [0.4, 0.5) is 5.69 Å². The molecule has 100 valence electrons. The third-order valence-corrected chi connectivity index (χ3v) is 3.83. The average Bonchev–Trinajstić information content (AvgIpc) is 2.47. The highest BCUT2D eigenvalue weighted by Gasteiger charge is 2.19. The average molecular weight is 255 g/mol. The number of benzene rings is 1. The predicted molar refractivity (Wildman–Crippen MR) is 80.7 cm³/mol. The van der Waals surface area contributed by atoms with Crippen LogP contribution in [0.15, 0.2) is 36.5 Å². The van der Waals surface area contributed by atoms with E-state index in [0.29, 0.717) is 6.04 Å². The van der Waals surface area contributed by atoms with E-state index >= 15 is 0 Å². The molecule has 3 nitrogen and oxygen atoms in total. The summed E-state index contributed by atoms with van der Waals surface area (Å²) >= 11 is 0. The van der Waals surface area contributed by atoms with E-state index in [2.05, 4.69) is 46.4 Å². The van der Waals surface area contributed by atoms with E-state index in [4.69, 9.17) is 0 Å². The van der Waals surface area contributed by atoms with Gasteiger partial charge in [0.15, 0.2) is 0 Å². The van der Waals surface area contributed by atoms with Crippen molar-refractivity contribution < 1.29 is 0 Å². The fourth-order valence-corrected chi connectivity index (χ4v) is 2.83. The van der Waals surface area contributed by atoms with Gasteiger partial charge in [-0.15, -0.1) is 0 Å². The number of anilines is 1. The van der Waals surface area contributed by atoms with E-state index in [1.807, 2.05) is 12.3 Å². The predicted octanol–water partition coefficient (Wildman–Crippen LogP) is 2.81. The number of fused-ring (bicyclic) bond motifs is 1. The molecule has 1 aromatic carbocycles. The number of hydrogen-bond acceptors (Lipinski definition) is 3. The zero-order valence-corrected chi connectivity index (χ0v) is 11.5. The molecule has 0 amide bonds. The zero-order valence-electron chi connectivity index (χ0n) is 11.5. The Balaban J connectivity index is 1.83. The molecule has 1 fully saturated rings. The summed E-state index contributed by atoms with van der Waals surface area (Å²) in [7, 11) is 0. The van der Waals surface area contributed by atoms with E-state index in [9.17, 15) is 0 Å². The second-order valence-electron chi connectivity index (χ2n) is 5.27. The van der Waals surface area contributed by atoms with Crippen LogP contribution in [-0.4, -0.2) is 30.7 Å². The van der Waals surface area contributed by atoms with Crippen molar-refractivity contribution >= 4 is 16.6 Å². The van der Waals surface area contributed by atoms with E-state index in [1.165, 1.54) is 23.9 Å². The molecule has 2 aromatic rings. The van der Waals surface area contributed by atoms with Gasteiger partial charge in [0.05, 0.1) is 17.4 Å². The first-order chi connectivity index (χ1) is 9.36. The number of nitrogens with zero attached hydrogens (tertiary/aromatic N) is 2. The first-order valence-electron chi connectivity index (χ1n) is 7.20. The van der Waals surface area contributed by atoms with Gasteiger partial charge < -0.3 is 10.2 Å². The largest absolute Gasteiger partial charge is 0.367 e. The van der Waals surface area contributed by atoms with E-state index in [-0.39, 0.29) is 0 Å². The molecule has 3 heteroatoms. The second-order valence-corrected chi connectivity index (χ2v) is 5.27. The number of nitrogens with one attached hydrogen (secondary N) is 1. The van der Waals surface area contributed by atoms with Crippen LogP contribution < -0.4 is 10.2 Å². The summed E-state index contributed by atoms with van der Waals surface area (Å²) in [6.45, 7) is 5.48. The number of para-hydroxylation sites is 1. The number of rotatable bonds is 3. The molecule has 2 heterocycles. The van der Waals surface area contributed by atoms with Crippen LogP contribution >= 0.6 is 0 Å². The van der Waals surface area contributed by atoms with Crippen LogP contribution in [0.2, 0.25) is 0 Å². The molecular weight excluding hydrogens is 234 g/mol. The third-order valence-electron chi connectivity index (χ3n) is 3.83. The molecule has 0 saturated carbocycles. The van der Waals surface area contributed by atoms with Crippen LogP contribution in [0.3, 0.4) is 0 Å².